The van der Waals surface area contributed by atoms with E-state index in [1.807, 2.05) is 38.1 Å². The van der Waals surface area contributed by atoms with Crippen LogP contribution in [0.25, 0.3) is 11.1 Å². The van der Waals surface area contributed by atoms with Gasteiger partial charge in [0, 0.05) is 0 Å². The predicted octanol–water partition coefficient (Wildman–Crippen LogP) is 9.74. The lowest BCUT2D eigenvalue weighted by atomic mass is 9.67. The molecule has 0 heterocycles. The quantitative estimate of drug-likeness (QED) is 0.181. The van der Waals surface area contributed by atoms with Crippen molar-refractivity contribution in [3.8, 4) is 58.4 Å². The van der Waals surface area contributed by atoms with Gasteiger partial charge in [0.2, 0.25) is 0 Å². The van der Waals surface area contributed by atoms with Gasteiger partial charge in [-0.1, -0.05) is 72.8 Å². The van der Waals surface area contributed by atoms with E-state index in [4.69, 9.17) is 9.47 Å². The number of hydrogen-bond acceptors (Lipinski definition) is 6. The van der Waals surface area contributed by atoms with E-state index >= 15 is 0 Å². The van der Waals surface area contributed by atoms with Crippen LogP contribution in [-0.2, 0) is 5.41 Å². The Hall–Kier alpha value is -7.12. The fourth-order valence-corrected chi connectivity index (χ4v) is 6.83. The van der Waals surface area contributed by atoms with Crippen LogP contribution < -0.4 is 9.47 Å². The minimum Gasteiger partial charge on any atom is -0.457 e. The van der Waals surface area contributed by atoms with E-state index in [0.29, 0.717) is 34.1 Å². The van der Waals surface area contributed by atoms with Gasteiger partial charge >= 0.3 is 0 Å². The van der Waals surface area contributed by atoms with E-state index in [-0.39, 0.29) is 11.1 Å². The minimum atomic E-state index is -0.662. The monoisotopic (exact) mass is 630 g/mol. The molecule has 0 atom stereocenters. The summed E-state index contributed by atoms with van der Waals surface area (Å²) in [7, 11) is 0. The topological polar surface area (TPSA) is 114 Å². The second-order valence-electron chi connectivity index (χ2n) is 11.9. The van der Waals surface area contributed by atoms with Crippen LogP contribution in [0.5, 0.6) is 23.0 Å². The number of benzene rings is 6. The molecular weight excluding hydrogens is 604 g/mol. The van der Waals surface area contributed by atoms with E-state index in [1.165, 1.54) is 0 Å². The molecule has 1 aliphatic carbocycles. The summed E-state index contributed by atoms with van der Waals surface area (Å²) in [6.07, 6.45) is 0. The third-order valence-electron chi connectivity index (χ3n) is 9.09. The van der Waals surface area contributed by atoms with Gasteiger partial charge in [-0.15, -0.1) is 0 Å². The molecule has 0 amide bonds. The summed E-state index contributed by atoms with van der Waals surface area (Å²) in [6, 6.07) is 47.4. The maximum absolute atomic E-state index is 9.51. The molecule has 0 fully saturated rings. The molecule has 0 N–H and O–H groups in total. The van der Waals surface area contributed by atoms with E-state index in [2.05, 4.69) is 84.9 Å². The molecule has 0 unspecified atom stereocenters. The van der Waals surface area contributed by atoms with Crippen molar-refractivity contribution in [3.05, 3.63) is 177 Å². The molecule has 1 aliphatic rings. The molecule has 7 rings (SSSR count). The second-order valence-corrected chi connectivity index (χ2v) is 11.9. The zero-order chi connectivity index (χ0) is 34.1. The summed E-state index contributed by atoms with van der Waals surface area (Å²) in [5, 5.41) is 37.7. The van der Waals surface area contributed by atoms with Crippen molar-refractivity contribution in [1.29, 1.82) is 21.0 Å². The molecular formula is C43H26N4O2. The van der Waals surface area contributed by atoms with Crippen LogP contribution in [0.1, 0.15) is 55.6 Å². The Kier molecular flexibility index (Phi) is 7.63. The van der Waals surface area contributed by atoms with Gasteiger partial charge in [0.1, 0.15) is 47.3 Å². The molecule has 0 aliphatic heterocycles. The largest absolute Gasteiger partial charge is 0.457 e. The molecule has 0 saturated heterocycles. The summed E-state index contributed by atoms with van der Waals surface area (Å²) < 4.78 is 12.5. The van der Waals surface area contributed by atoms with E-state index in [1.54, 1.807) is 36.4 Å². The molecule has 49 heavy (non-hydrogen) atoms. The lowest BCUT2D eigenvalue weighted by Crippen LogP contribution is -2.28. The van der Waals surface area contributed by atoms with Crippen molar-refractivity contribution in [1.82, 2.24) is 0 Å². The van der Waals surface area contributed by atoms with Crippen molar-refractivity contribution < 1.29 is 9.47 Å². The van der Waals surface area contributed by atoms with Gasteiger partial charge < -0.3 is 9.47 Å². The maximum atomic E-state index is 9.51. The smallest absolute Gasteiger partial charge is 0.130 e. The van der Waals surface area contributed by atoms with Crippen molar-refractivity contribution in [2.24, 2.45) is 0 Å². The summed E-state index contributed by atoms with van der Waals surface area (Å²) in [5.41, 5.74) is 9.06. The van der Waals surface area contributed by atoms with Gasteiger partial charge in [-0.05, 0) is 107 Å². The van der Waals surface area contributed by atoms with Crippen molar-refractivity contribution in [2.75, 3.05) is 0 Å². The van der Waals surface area contributed by atoms with Gasteiger partial charge in [-0.3, -0.25) is 0 Å². The highest BCUT2D eigenvalue weighted by Crippen LogP contribution is 2.56. The number of fused-ring (bicyclic) bond motifs is 3. The zero-order valence-corrected chi connectivity index (χ0v) is 26.7. The number of aryl methyl sites for hydroxylation is 2. The van der Waals surface area contributed by atoms with Gasteiger partial charge in [0.15, 0.2) is 0 Å². The van der Waals surface area contributed by atoms with Crippen LogP contribution in [-0.4, -0.2) is 0 Å². The average molecular weight is 631 g/mol. The van der Waals surface area contributed by atoms with Gasteiger partial charge in [-0.2, -0.15) is 21.0 Å². The summed E-state index contributed by atoms with van der Waals surface area (Å²) in [5.74, 6) is 2.25. The number of hydrogen-bond donors (Lipinski definition) is 0. The van der Waals surface area contributed by atoms with E-state index in [9.17, 15) is 21.0 Å². The number of nitriles is 4. The fourth-order valence-electron chi connectivity index (χ4n) is 6.83. The molecule has 0 spiro atoms. The number of nitrogens with zero attached hydrogens (tertiary/aromatic N) is 4. The SMILES string of the molecule is Cc1cc(C2(c3ccc(Oc4ccc(C#N)c(C#N)c4)c(C)c3)c3ccccc3-c3ccccc32)ccc1Oc1ccc(C#N)c(C#N)c1. The third kappa shape index (κ3) is 5.03. The fraction of sp³-hybridized carbons (Fsp3) is 0.0698. The van der Waals surface area contributed by atoms with Crippen LogP contribution in [0.15, 0.2) is 121 Å². The van der Waals surface area contributed by atoms with Crippen LogP contribution in [0.4, 0.5) is 0 Å². The van der Waals surface area contributed by atoms with Crippen LogP contribution in [0, 0.1) is 59.2 Å². The Balaban J connectivity index is 1.36. The summed E-state index contributed by atoms with van der Waals surface area (Å²) >= 11 is 0. The molecule has 0 bridgehead atoms. The average Bonchev–Trinajstić information content (AvgIpc) is 3.44. The molecule has 6 nitrogen and oxygen atoms in total. The lowest BCUT2D eigenvalue weighted by molar-refractivity contribution is 0.477. The zero-order valence-electron chi connectivity index (χ0n) is 26.7. The predicted molar refractivity (Wildman–Crippen MR) is 185 cm³/mol. The number of ether oxygens (including phenoxy) is 2. The van der Waals surface area contributed by atoms with Gasteiger partial charge in [0.25, 0.3) is 0 Å². The Morgan fingerprint density at radius 2 is 0.857 bits per heavy atom. The van der Waals surface area contributed by atoms with Gasteiger partial charge in [0.05, 0.1) is 27.7 Å². The van der Waals surface area contributed by atoms with Crippen molar-refractivity contribution in [2.45, 2.75) is 19.3 Å². The van der Waals surface area contributed by atoms with Crippen LogP contribution in [0.2, 0.25) is 0 Å². The van der Waals surface area contributed by atoms with E-state index < -0.39 is 5.41 Å². The van der Waals surface area contributed by atoms with Crippen molar-refractivity contribution in [3.63, 3.8) is 0 Å². The molecule has 6 aromatic rings. The number of rotatable bonds is 6. The molecule has 0 radical (unpaired) electrons. The highest BCUT2D eigenvalue weighted by Gasteiger charge is 2.46. The molecule has 6 heteroatoms. The third-order valence-corrected chi connectivity index (χ3v) is 9.09. The standard InChI is InChI=1S/C43H26N4O2/c1-27-19-33(13-17-41(27)48-35-15-11-29(23-44)31(21-35)25-46)43(39-9-5-3-7-37(39)38-8-4-6-10-40(38)43)34-14-18-42(28(2)20-34)49-36-16-12-30(24-45)32(22-36)26-47/h3-22H,1-2H3. The summed E-state index contributed by atoms with van der Waals surface area (Å²) in [4.78, 5) is 0. The Morgan fingerprint density at radius 3 is 1.24 bits per heavy atom. The van der Waals surface area contributed by atoms with Crippen LogP contribution in [0.3, 0.4) is 0 Å². The molecule has 6 aromatic carbocycles. The normalized spacial score (nSPS) is 12.0. The van der Waals surface area contributed by atoms with Crippen LogP contribution >= 0.6 is 0 Å². The first-order valence-corrected chi connectivity index (χ1v) is 15.6. The first-order valence-electron chi connectivity index (χ1n) is 15.6. The molecule has 0 aromatic heterocycles. The Bertz CT molecular complexity index is 2310. The first-order chi connectivity index (χ1) is 23.9. The van der Waals surface area contributed by atoms with E-state index in [0.717, 1.165) is 44.5 Å². The highest BCUT2D eigenvalue weighted by atomic mass is 16.5. The Morgan fingerprint density at radius 1 is 0.449 bits per heavy atom. The first kappa shape index (κ1) is 30.5. The molecule has 230 valence electrons. The lowest BCUT2D eigenvalue weighted by Gasteiger charge is -2.34. The molecule has 0 saturated carbocycles. The maximum Gasteiger partial charge on any atom is 0.130 e. The second kappa shape index (κ2) is 12.2. The highest BCUT2D eigenvalue weighted by molar-refractivity contribution is 5.86. The Labute approximate surface area is 284 Å². The van der Waals surface area contributed by atoms with Gasteiger partial charge in [-0.25, -0.2) is 0 Å². The van der Waals surface area contributed by atoms with Crippen molar-refractivity contribution >= 4 is 0 Å². The summed E-state index contributed by atoms with van der Waals surface area (Å²) in [6.45, 7) is 4.01. The minimum absolute atomic E-state index is 0.264.